The molecule has 0 saturated heterocycles. The maximum absolute atomic E-state index is 14.5. The van der Waals surface area contributed by atoms with E-state index in [2.05, 4.69) is 14.4 Å². The van der Waals surface area contributed by atoms with Crippen molar-refractivity contribution in [2.45, 2.75) is 39.0 Å². The van der Waals surface area contributed by atoms with Gasteiger partial charge >= 0.3 is 0 Å². The Hall–Kier alpha value is -2.36. The van der Waals surface area contributed by atoms with Crippen LogP contribution in [0.1, 0.15) is 44.6 Å². The maximum atomic E-state index is 14.5. The molecule has 0 unspecified atom stereocenters. The van der Waals surface area contributed by atoms with Crippen LogP contribution in [0.5, 0.6) is 0 Å². The number of fused-ring (bicyclic) bond motifs is 1. The second-order valence-corrected chi connectivity index (χ2v) is 10.8. The van der Waals surface area contributed by atoms with Gasteiger partial charge in [-0.1, -0.05) is 13.8 Å². The van der Waals surface area contributed by atoms with Gasteiger partial charge in [0.2, 0.25) is 0 Å². The molecular formula is C24H28F3N3O2S. The van der Waals surface area contributed by atoms with Crippen LogP contribution in [0.4, 0.5) is 13.2 Å². The van der Waals surface area contributed by atoms with E-state index in [9.17, 15) is 21.6 Å². The molecule has 0 atom stereocenters. The third-order valence-corrected chi connectivity index (χ3v) is 7.35. The van der Waals surface area contributed by atoms with Crippen LogP contribution < -0.4 is 9.44 Å². The van der Waals surface area contributed by atoms with Gasteiger partial charge < -0.3 is 4.98 Å². The Morgan fingerprint density at radius 3 is 2.39 bits per heavy atom. The second kappa shape index (κ2) is 9.48. The van der Waals surface area contributed by atoms with Crippen molar-refractivity contribution >= 4 is 21.1 Å². The van der Waals surface area contributed by atoms with E-state index < -0.39 is 21.8 Å². The largest absolute Gasteiger partial charge is 0.352 e. The molecule has 3 aromatic rings. The Balaban J connectivity index is 1.51. The van der Waals surface area contributed by atoms with Gasteiger partial charge in [0, 0.05) is 24.5 Å². The van der Waals surface area contributed by atoms with Crippen molar-refractivity contribution < 1.29 is 21.6 Å². The number of halogens is 3. The average molecular weight is 480 g/mol. The van der Waals surface area contributed by atoms with E-state index in [1.165, 1.54) is 18.2 Å². The lowest BCUT2D eigenvalue weighted by atomic mass is 9.70. The molecule has 9 heteroatoms. The fraction of sp³-hybridized carbons (Fsp3) is 0.417. The predicted molar refractivity (Wildman–Crippen MR) is 123 cm³/mol. The fourth-order valence-electron chi connectivity index (χ4n) is 4.41. The first-order valence-corrected chi connectivity index (χ1v) is 12.6. The predicted octanol–water partition coefficient (Wildman–Crippen LogP) is 5.22. The first-order chi connectivity index (χ1) is 15.6. The van der Waals surface area contributed by atoms with Crippen LogP contribution in [0, 0.1) is 29.3 Å². The summed E-state index contributed by atoms with van der Waals surface area (Å²) in [6, 6.07) is 8.00. The Bertz CT molecular complexity index is 1230. The number of aromatic nitrogens is 1. The highest BCUT2D eigenvalue weighted by Gasteiger charge is 2.35. The Kier molecular flexibility index (Phi) is 6.83. The summed E-state index contributed by atoms with van der Waals surface area (Å²) in [7, 11) is -3.56. The fourth-order valence-corrected chi connectivity index (χ4v) is 5.35. The van der Waals surface area contributed by atoms with Gasteiger partial charge in [0.1, 0.15) is 17.5 Å². The number of rotatable bonds is 9. The topological polar surface area (TPSA) is 74.0 Å². The summed E-state index contributed by atoms with van der Waals surface area (Å²) >= 11 is 0. The van der Waals surface area contributed by atoms with Crippen LogP contribution >= 0.6 is 0 Å². The van der Waals surface area contributed by atoms with Crippen molar-refractivity contribution in [1.29, 1.82) is 0 Å². The van der Waals surface area contributed by atoms with Crippen LogP contribution in [0.3, 0.4) is 0 Å². The molecule has 0 bridgehead atoms. The number of benzene rings is 2. The molecule has 0 aliphatic heterocycles. The highest BCUT2D eigenvalue weighted by atomic mass is 32.2. The van der Waals surface area contributed by atoms with Crippen molar-refractivity contribution in [1.82, 2.24) is 14.4 Å². The van der Waals surface area contributed by atoms with Gasteiger partial charge in [-0.05, 0) is 78.5 Å². The molecule has 0 radical (unpaired) electrons. The van der Waals surface area contributed by atoms with Gasteiger partial charge in [0.25, 0.3) is 10.2 Å². The van der Waals surface area contributed by atoms with Crippen LogP contribution in [0.2, 0.25) is 0 Å². The van der Waals surface area contributed by atoms with Gasteiger partial charge in [0.15, 0.2) is 0 Å². The summed E-state index contributed by atoms with van der Waals surface area (Å²) in [5.41, 5.74) is 2.31. The molecule has 0 spiro atoms. The summed E-state index contributed by atoms with van der Waals surface area (Å²) < 4.78 is 71.4. The highest BCUT2D eigenvalue weighted by molar-refractivity contribution is 7.87. The Morgan fingerprint density at radius 2 is 1.73 bits per heavy atom. The number of aromatic amines is 1. The van der Waals surface area contributed by atoms with E-state index in [1.807, 2.05) is 13.8 Å². The van der Waals surface area contributed by atoms with Gasteiger partial charge in [0.05, 0.1) is 11.2 Å². The second-order valence-electron chi connectivity index (χ2n) is 9.19. The highest BCUT2D eigenvalue weighted by Crippen LogP contribution is 2.48. The zero-order valence-corrected chi connectivity index (χ0v) is 19.4. The monoisotopic (exact) mass is 479 g/mol. The van der Waals surface area contributed by atoms with Gasteiger partial charge in [-0.3, -0.25) is 0 Å². The summed E-state index contributed by atoms with van der Waals surface area (Å²) in [4.78, 5) is 3.06. The summed E-state index contributed by atoms with van der Waals surface area (Å²) in [5, 5.41) is 0.464. The SMILES string of the molecule is CC(C)CCNS(=O)(=O)NCC1CC(c2c(-c3ccc(F)cc3)[nH]c3c(F)cc(F)cc23)C1. The van der Waals surface area contributed by atoms with Crippen molar-refractivity contribution in [3.8, 4) is 11.3 Å². The first kappa shape index (κ1) is 23.8. The van der Waals surface area contributed by atoms with E-state index in [-0.39, 0.29) is 23.2 Å². The minimum Gasteiger partial charge on any atom is -0.352 e. The van der Waals surface area contributed by atoms with Crippen LogP contribution in [0.15, 0.2) is 36.4 Å². The molecule has 1 fully saturated rings. The molecular weight excluding hydrogens is 451 g/mol. The van der Waals surface area contributed by atoms with Crippen molar-refractivity contribution in [3.63, 3.8) is 0 Å². The molecule has 5 nitrogen and oxygen atoms in total. The van der Waals surface area contributed by atoms with Gasteiger partial charge in [-0.2, -0.15) is 8.42 Å². The van der Waals surface area contributed by atoms with Crippen LogP contribution in [-0.2, 0) is 10.2 Å². The lowest BCUT2D eigenvalue weighted by Gasteiger charge is -2.36. The standard InChI is InChI=1S/C24H28F3N3O2S/c1-14(2)7-8-28-33(31,32)29-13-15-9-17(10-15)22-20-11-19(26)12-21(27)24(20)30-23(22)16-3-5-18(25)6-4-16/h3-6,11-12,14-15,17,28-30H,7-10,13H2,1-2H3. The molecule has 1 aliphatic rings. The zero-order valence-electron chi connectivity index (χ0n) is 18.6. The van der Waals surface area contributed by atoms with Crippen molar-refractivity contribution in [2.24, 2.45) is 11.8 Å². The molecule has 1 heterocycles. The molecule has 1 aromatic heterocycles. The van der Waals surface area contributed by atoms with E-state index in [4.69, 9.17) is 0 Å². The number of nitrogens with one attached hydrogen (secondary N) is 3. The Morgan fingerprint density at radius 1 is 1.03 bits per heavy atom. The van der Waals surface area contributed by atoms with Gasteiger partial charge in [-0.25, -0.2) is 22.6 Å². The minimum atomic E-state index is -3.56. The van der Waals surface area contributed by atoms with Gasteiger partial charge in [-0.15, -0.1) is 0 Å². The molecule has 2 aromatic carbocycles. The number of hydrogen-bond acceptors (Lipinski definition) is 2. The smallest absolute Gasteiger partial charge is 0.276 e. The molecule has 4 rings (SSSR count). The quantitative estimate of drug-likeness (QED) is 0.394. The Labute approximate surface area is 192 Å². The number of H-pyrrole nitrogens is 1. The summed E-state index contributed by atoms with van der Waals surface area (Å²) in [5.74, 6) is -1.21. The minimum absolute atomic E-state index is 0.00315. The number of hydrogen-bond donors (Lipinski definition) is 3. The normalized spacial score (nSPS) is 18.7. The van der Waals surface area contributed by atoms with Crippen molar-refractivity contribution in [2.75, 3.05) is 13.1 Å². The lowest BCUT2D eigenvalue weighted by molar-refractivity contribution is 0.267. The van der Waals surface area contributed by atoms with E-state index in [0.717, 1.165) is 18.1 Å². The van der Waals surface area contributed by atoms with Crippen LogP contribution in [0.25, 0.3) is 22.2 Å². The molecule has 178 valence electrons. The molecule has 1 aliphatic carbocycles. The molecule has 1 saturated carbocycles. The van der Waals surface area contributed by atoms with Crippen LogP contribution in [-0.4, -0.2) is 26.5 Å². The van der Waals surface area contributed by atoms with E-state index >= 15 is 0 Å². The summed E-state index contributed by atoms with van der Waals surface area (Å²) in [6.07, 6.45) is 2.11. The maximum Gasteiger partial charge on any atom is 0.276 e. The third-order valence-electron chi connectivity index (χ3n) is 6.22. The molecule has 33 heavy (non-hydrogen) atoms. The third kappa shape index (κ3) is 5.42. The van der Waals surface area contributed by atoms with Crippen molar-refractivity contribution in [3.05, 3.63) is 59.4 Å². The first-order valence-electron chi connectivity index (χ1n) is 11.1. The summed E-state index contributed by atoms with van der Waals surface area (Å²) in [6.45, 7) is 4.73. The molecule has 0 amide bonds. The molecule has 3 N–H and O–H groups in total. The van der Waals surface area contributed by atoms with E-state index in [1.54, 1.807) is 12.1 Å². The lowest BCUT2D eigenvalue weighted by Crippen LogP contribution is -2.42. The zero-order chi connectivity index (χ0) is 23.8. The van der Waals surface area contributed by atoms with E-state index in [0.29, 0.717) is 48.5 Å². The average Bonchev–Trinajstić information content (AvgIpc) is 3.06.